The van der Waals surface area contributed by atoms with E-state index in [2.05, 4.69) is 39.3 Å². The van der Waals surface area contributed by atoms with E-state index in [4.69, 9.17) is 4.52 Å². The maximum absolute atomic E-state index is 12.0. The number of hydrogen-bond donors (Lipinski definition) is 0. The molecule has 0 atom stereocenters. The molecular weight excluding hydrogens is 340 g/mol. The van der Waals surface area contributed by atoms with Crippen molar-refractivity contribution in [2.24, 2.45) is 0 Å². The summed E-state index contributed by atoms with van der Waals surface area (Å²) in [7, 11) is 0. The summed E-state index contributed by atoms with van der Waals surface area (Å²) in [5, 5.41) is 6.49. The van der Waals surface area contributed by atoms with Gasteiger partial charge in [-0.2, -0.15) is 4.98 Å². The van der Waals surface area contributed by atoms with Gasteiger partial charge in [-0.15, -0.1) is 0 Å². The Bertz CT molecular complexity index is 929. The Hall–Kier alpha value is -2.73. The average Bonchev–Trinajstić information content (AvgIpc) is 3.17. The summed E-state index contributed by atoms with van der Waals surface area (Å²) in [4.78, 5) is 20.8. The van der Waals surface area contributed by atoms with Gasteiger partial charge in [0.2, 0.25) is 5.91 Å². The SMILES string of the molecule is CCCC(=O)N1CCN(Cc2noc(-c3ccc4ccccc4c3)n2)CC1. The molecule has 0 spiro atoms. The molecule has 140 valence electrons. The Balaban J connectivity index is 1.39. The summed E-state index contributed by atoms with van der Waals surface area (Å²) in [6.07, 6.45) is 1.54. The number of benzene rings is 2. The molecule has 0 unspecified atom stereocenters. The Labute approximate surface area is 158 Å². The van der Waals surface area contributed by atoms with Crippen LogP contribution in [0.5, 0.6) is 0 Å². The maximum Gasteiger partial charge on any atom is 0.257 e. The van der Waals surface area contributed by atoms with E-state index in [-0.39, 0.29) is 5.91 Å². The number of fused-ring (bicyclic) bond motifs is 1. The molecule has 1 amide bonds. The molecule has 1 aromatic heterocycles. The van der Waals surface area contributed by atoms with E-state index < -0.39 is 0 Å². The Morgan fingerprint density at radius 2 is 1.85 bits per heavy atom. The highest BCUT2D eigenvalue weighted by Crippen LogP contribution is 2.23. The Morgan fingerprint density at radius 1 is 1.07 bits per heavy atom. The van der Waals surface area contributed by atoms with Gasteiger partial charge in [0.25, 0.3) is 5.89 Å². The number of hydrogen-bond acceptors (Lipinski definition) is 5. The Morgan fingerprint density at radius 3 is 2.63 bits per heavy atom. The molecule has 0 saturated carbocycles. The molecule has 27 heavy (non-hydrogen) atoms. The minimum Gasteiger partial charge on any atom is -0.340 e. The summed E-state index contributed by atoms with van der Waals surface area (Å²) in [5.74, 6) is 1.49. The lowest BCUT2D eigenvalue weighted by Crippen LogP contribution is -2.48. The molecule has 0 N–H and O–H groups in total. The van der Waals surface area contributed by atoms with Gasteiger partial charge in [-0.25, -0.2) is 0 Å². The van der Waals surface area contributed by atoms with Crippen molar-refractivity contribution < 1.29 is 9.32 Å². The van der Waals surface area contributed by atoms with E-state index in [1.165, 1.54) is 5.39 Å². The van der Waals surface area contributed by atoms with Gasteiger partial charge in [0.15, 0.2) is 5.82 Å². The quantitative estimate of drug-likeness (QED) is 0.695. The van der Waals surface area contributed by atoms with E-state index in [1.807, 2.05) is 30.0 Å². The number of amides is 1. The van der Waals surface area contributed by atoms with Gasteiger partial charge in [-0.05, 0) is 29.3 Å². The third-order valence-electron chi connectivity index (χ3n) is 5.02. The van der Waals surface area contributed by atoms with Gasteiger partial charge in [-0.1, -0.05) is 42.4 Å². The van der Waals surface area contributed by atoms with E-state index in [9.17, 15) is 4.79 Å². The van der Waals surface area contributed by atoms with Crippen LogP contribution in [0.15, 0.2) is 47.0 Å². The monoisotopic (exact) mass is 364 g/mol. The lowest BCUT2D eigenvalue weighted by atomic mass is 10.1. The number of carbonyl (C=O) groups is 1. The number of aromatic nitrogens is 2. The number of rotatable bonds is 5. The third kappa shape index (κ3) is 4.01. The molecule has 3 aromatic rings. The van der Waals surface area contributed by atoms with Crippen LogP contribution in [0.2, 0.25) is 0 Å². The molecule has 0 bridgehead atoms. The van der Waals surface area contributed by atoms with Crippen molar-refractivity contribution in [1.82, 2.24) is 19.9 Å². The van der Waals surface area contributed by atoms with Crippen molar-refractivity contribution in [3.63, 3.8) is 0 Å². The van der Waals surface area contributed by atoms with Gasteiger partial charge in [0.05, 0.1) is 6.54 Å². The van der Waals surface area contributed by atoms with Crippen LogP contribution in [0, 0.1) is 0 Å². The standard InChI is InChI=1S/C21H24N4O2/c1-2-5-20(26)25-12-10-24(11-13-25)15-19-22-21(27-23-19)18-9-8-16-6-3-4-7-17(16)14-18/h3-4,6-9,14H,2,5,10-13,15H2,1H3. The number of carbonyl (C=O) groups excluding carboxylic acids is 1. The van der Waals surface area contributed by atoms with E-state index in [0.29, 0.717) is 24.7 Å². The molecular formula is C21H24N4O2. The molecule has 0 aliphatic carbocycles. The van der Waals surface area contributed by atoms with Crippen molar-refractivity contribution in [2.75, 3.05) is 26.2 Å². The zero-order chi connectivity index (χ0) is 18.6. The van der Waals surface area contributed by atoms with Crippen molar-refractivity contribution in [3.05, 3.63) is 48.3 Å². The molecule has 2 aromatic carbocycles. The normalized spacial score (nSPS) is 15.4. The first-order chi connectivity index (χ1) is 13.2. The highest BCUT2D eigenvalue weighted by Gasteiger charge is 2.22. The summed E-state index contributed by atoms with van der Waals surface area (Å²) in [6.45, 7) is 5.91. The molecule has 2 heterocycles. The van der Waals surface area contributed by atoms with Crippen LogP contribution >= 0.6 is 0 Å². The number of piperazine rings is 1. The third-order valence-corrected chi connectivity index (χ3v) is 5.02. The van der Waals surface area contributed by atoms with Gasteiger partial charge in [0, 0.05) is 38.2 Å². The van der Waals surface area contributed by atoms with E-state index in [1.54, 1.807) is 0 Å². The van der Waals surface area contributed by atoms with Crippen LogP contribution in [-0.4, -0.2) is 52.0 Å². The molecule has 0 radical (unpaired) electrons. The van der Waals surface area contributed by atoms with Gasteiger partial charge >= 0.3 is 0 Å². The van der Waals surface area contributed by atoms with E-state index in [0.717, 1.165) is 43.5 Å². The molecule has 4 rings (SSSR count). The van der Waals surface area contributed by atoms with Gasteiger partial charge in [0.1, 0.15) is 0 Å². The molecule has 1 fully saturated rings. The fourth-order valence-electron chi connectivity index (χ4n) is 3.49. The van der Waals surface area contributed by atoms with Crippen molar-refractivity contribution in [2.45, 2.75) is 26.3 Å². The van der Waals surface area contributed by atoms with E-state index >= 15 is 0 Å². The molecule has 1 aliphatic heterocycles. The second-order valence-electron chi connectivity index (χ2n) is 6.98. The maximum atomic E-state index is 12.0. The second-order valence-corrected chi connectivity index (χ2v) is 6.98. The summed E-state index contributed by atoms with van der Waals surface area (Å²) in [6, 6.07) is 14.4. The van der Waals surface area contributed by atoms with Crippen molar-refractivity contribution in [3.8, 4) is 11.5 Å². The lowest BCUT2D eigenvalue weighted by Gasteiger charge is -2.34. The summed E-state index contributed by atoms with van der Waals surface area (Å²) < 4.78 is 5.48. The highest BCUT2D eigenvalue weighted by molar-refractivity contribution is 5.86. The average molecular weight is 364 g/mol. The zero-order valence-electron chi connectivity index (χ0n) is 15.6. The fraction of sp³-hybridized carbons (Fsp3) is 0.381. The van der Waals surface area contributed by atoms with Crippen LogP contribution in [0.3, 0.4) is 0 Å². The van der Waals surface area contributed by atoms with Gasteiger partial charge in [-0.3, -0.25) is 9.69 Å². The van der Waals surface area contributed by atoms with Gasteiger partial charge < -0.3 is 9.42 Å². The number of nitrogens with zero attached hydrogens (tertiary/aromatic N) is 4. The molecule has 6 nitrogen and oxygen atoms in total. The van der Waals surface area contributed by atoms with Crippen molar-refractivity contribution >= 4 is 16.7 Å². The highest BCUT2D eigenvalue weighted by atomic mass is 16.5. The van der Waals surface area contributed by atoms with Crippen LogP contribution in [0.4, 0.5) is 0 Å². The first-order valence-corrected chi connectivity index (χ1v) is 9.55. The molecule has 1 aliphatic rings. The lowest BCUT2D eigenvalue weighted by molar-refractivity contribution is -0.133. The first-order valence-electron chi connectivity index (χ1n) is 9.55. The zero-order valence-corrected chi connectivity index (χ0v) is 15.6. The van der Waals surface area contributed by atoms with Crippen LogP contribution in [0.25, 0.3) is 22.2 Å². The molecule has 1 saturated heterocycles. The minimum atomic E-state index is 0.260. The predicted octanol–water partition coefficient (Wildman–Crippen LogP) is 3.33. The topological polar surface area (TPSA) is 62.5 Å². The first kappa shape index (κ1) is 17.7. The smallest absolute Gasteiger partial charge is 0.257 e. The Kier molecular flexibility index (Phi) is 5.16. The van der Waals surface area contributed by atoms with Crippen LogP contribution in [0.1, 0.15) is 25.6 Å². The second kappa shape index (κ2) is 7.88. The summed E-state index contributed by atoms with van der Waals surface area (Å²) >= 11 is 0. The van der Waals surface area contributed by atoms with Crippen LogP contribution < -0.4 is 0 Å². The molecule has 6 heteroatoms. The summed E-state index contributed by atoms with van der Waals surface area (Å²) in [5.41, 5.74) is 0.933. The largest absolute Gasteiger partial charge is 0.340 e. The van der Waals surface area contributed by atoms with Crippen LogP contribution in [-0.2, 0) is 11.3 Å². The fourth-order valence-corrected chi connectivity index (χ4v) is 3.49. The minimum absolute atomic E-state index is 0.260. The van der Waals surface area contributed by atoms with Crippen molar-refractivity contribution in [1.29, 1.82) is 0 Å². The predicted molar refractivity (Wildman–Crippen MR) is 104 cm³/mol.